The van der Waals surface area contributed by atoms with Crippen molar-refractivity contribution in [2.24, 2.45) is 0 Å². The van der Waals surface area contributed by atoms with Crippen LogP contribution in [0.4, 0.5) is 11.5 Å². The Balaban J connectivity index is 1.54. The third-order valence-corrected chi connectivity index (χ3v) is 5.19. The number of aromatic nitrogens is 3. The molecule has 1 amide bonds. The van der Waals surface area contributed by atoms with Crippen LogP contribution in [0.2, 0.25) is 0 Å². The number of amides is 1. The number of rotatable bonds is 5. The van der Waals surface area contributed by atoms with Gasteiger partial charge < -0.3 is 15.4 Å². The molecule has 4 heterocycles. The van der Waals surface area contributed by atoms with E-state index in [0.29, 0.717) is 12.1 Å². The first kappa shape index (κ1) is 19.3. The maximum absolute atomic E-state index is 12.4. The number of aryl methyl sites for hydroxylation is 1. The number of anilines is 2. The van der Waals surface area contributed by atoms with Crippen molar-refractivity contribution in [2.45, 2.75) is 38.7 Å². The van der Waals surface area contributed by atoms with Crippen molar-refractivity contribution in [3.05, 3.63) is 42.5 Å². The van der Waals surface area contributed by atoms with Crippen molar-refractivity contribution >= 4 is 28.3 Å². The fourth-order valence-electron chi connectivity index (χ4n) is 3.59. The molecule has 1 saturated heterocycles. The van der Waals surface area contributed by atoms with Crippen LogP contribution < -0.4 is 10.6 Å². The van der Waals surface area contributed by atoms with Crippen molar-refractivity contribution in [2.75, 3.05) is 24.3 Å². The molecule has 0 bridgehead atoms. The monoisotopic (exact) mass is 391 g/mol. The van der Waals surface area contributed by atoms with Gasteiger partial charge in [0.05, 0.1) is 29.9 Å². The van der Waals surface area contributed by atoms with Crippen molar-refractivity contribution < 1.29 is 9.53 Å². The number of pyridine rings is 3. The Hall–Kier alpha value is -3.06. The molecule has 0 radical (unpaired) electrons. The summed E-state index contributed by atoms with van der Waals surface area (Å²) in [7, 11) is 1.83. The van der Waals surface area contributed by atoms with Crippen molar-refractivity contribution in [3.8, 4) is 11.1 Å². The van der Waals surface area contributed by atoms with E-state index >= 15 is 0 Å². The summed E-state index contributed by atoms with van der Waals surface area (Å²) in [5.41, 5.74) is 4.29. The minimum absolute atomic E-state index is 0.0151. The summed E-state index contributed by atoms with van der Waals surface area (Å²) < 4.78 is 5.66. The third-order valence-electron chi connectivity index (χ3n) is 5.19. The lowest BCUT2D eigenvalue weighted by atomic mass is 10.0. The van der Waals surface area contributed by atoms with E-state index in [9.17, 15) is 4.79 Å². The molecule has 3 aromatic heterocycles. The van der Waals surface area contributed by atoms with Crippen LogP contribution in [0.5, 0.6) is 0 Å². The highest BCUT2D eigenvalue weighted by Crippen LogP contribution is 2.27. The maximum Gasteiger partial charge on any atom is 0.227 e. The lowest BCUT2D eigenvalue weighted by Crippen LogP contribution is -2.25. The fraction of sp³-hybridized carbons (Fsp3) is 0.364. The smallest absolute Gasteiger partial charge is 0.227 e. The van der Waals surface area contributed by atoms with E-state index in [1.54, 1.807) is 12.4 Å². The summed E-state index contributed by atoms with van der Waals surface area (Å²) in [6, 6.07) is 5.90. The number of hydrogen-bond acceptors (Lipinski definition) is 6. The summed E-state index contributed by atoms with van der Waals surface area (Å²) in [6.45, 7) is 2.69. The Morgan fingerprint density at radius 1 is 1.14 bits per heavy atom. The molecule has 3 aromatic rings. The Morgan fingerprint density at radius 2 is 2.03 bits per heavy atom. The van der Waals surface area contributed by atoms with E-state index in [1.165, 1.54) is 0 Å². The molecule has 2 N–H and O–H groups in total. The van der Waals surface area contributed by atoms with Crippen LogP contribution in [0.1, 0.15) is 31.4 Å². The van der Waals surface area contributed by atoms with E-state index < -0.39 is 0 Å². The molecule has 4 rings (SSSR count). The molecule has 7 nitrogen and oxygen atoms in total. The van der Waals surface area contributed by atoms with E-state index in [0.717, 1.165) is 59.4 Å². The number of carbonyl (C=O) groups excluding carboxylic acids is 1. The maximum atomic E-state index is 12.4. The molecule has 1 unspecified atom stereocenters. The summed E-state index contributed by atoms with van der Waals surface area (Å²) in [4.78, 5) is 25.8. The van der Waals surface area contributed by atoms with Crippen molar-refractivity contribution in [1.82, 2.24) is 15.0 Å². The van der Waals surface area contributed by atoms with E-state index in [4.69, 9.17) is 4.74 Å². The average molecular weight is 391 g/mol. The molecule has 0 aliphatic carbocycles. The zero-order chi connectivity index (χ0) is 20.2. The predicted octanol–water partition coefficient (Wildman–Crippen LogP) is 3.94. The Bertz CT molecular complexity index is 1030. The van der Waals surface area contributed by atoms with Crippen molar-refractivity contribution in [3.63, 3.8) is 0 Å². The molecule has 1 fully saturated rings. The number of carbonyl (C=O) groups is 1. The van der Waals surface area contributed by atoms with Gasteiger partial charge in [-0.2, -0.15) is 0 Å². The second-order valence-electron chi connectivity index (χ2n) is 7.33. The number of hydrogen-bond donors (Lipinski definition) is 2. The second-order valence-corrected chi connectivity index (χ2v) is 7.33. The summed E-state index contributed by atoms with van der Waals surface area (Å²) in [5, 5.41) is 6.92. The minimum atomic E-state index is -0.0473. The first-order valence-electron chi connectivity index (χ1n) is 9.94. The largest absolute Gasteiger partial charge is 0.378 e. The number of ether oxygens (including phenoxy) is 1. The molecular weight excluding hydrogens is 366 g/mol. The third kappa shape index (κ3) is 4.51. The highest BCUT2D eigenvalue weighted by molar-refractivity contribution is 5.92. The van der Waals surface area contributed by atoms with Crippen LogP contribution in [0.15, 0.2) is 36.8 Å². The van der Waals surface area contributed by atoms with Gasteiger partial charge in [-0.1, -0.05) is 0 Å². The molecule has 1 aliphatic heterocycles. The van der Waals surface area contributed by atoms with Gasteiger partial charge in [-0.05, 0) is 38.3 Å². The highest BCUT2D eigenvalue weighted by atomic mass is 16.5. The van der Waals surface area contributed by atoms with E-state index in [2.05, 4.69) is 25.6 Å². The fourth-order valence-corrected chi connectivity index (χ4v) is 3.59. The van der Waals surface area contributed by atoms with E-state index in [1.807, 2.05) is 38.4 Å². The lowest BCUT2D eigenvalue weighted by molar-refractivity contribution is -0.119. The quantitative estimate of drug-likeness (QED) is 0.685. The van der Waals surface area contributed by atoms with Gasteiger partial charge in [0.1, 0.15) is 5.82 Å². The van der Waals surface area contributed by atoms with Gasteiger partial charge in [0.25, 0.3) is 0 Å². The minimum Gasteiger partial charge on any atom is -0.378 e. The summed E-state index contributed by atoms with van der Waals surface area (Å²) in [6.07, 6.45) is 8.85. The van der Waals surface area contributed by atoms with Gasteiger partial charge in [-0.25, -0.2) is 4.98 Å². The van der Waals surface area contributed by atoms with Gasteiger partial charge in [0, 0.05) is 54.3 Å². The highest BCUT2D eigenvalue weighted by Gasteiger charge is 2.18. The van der Waals surface area contributed by atoms with Gasteiger partial charge in [0.15, 0.2) is 0 Å². The van der Waals surface area contributed by atoms with Crippen molar-refractivity contribution in [1.29, 1.82) is 0 Å². The second kappa shape index (κ2) is 8.53. The Morgan fingerprint density at radius 3 is 2.83 bits per heavy atom. The van der Waals surface area contributed by atoms with Gasteiger partial charge >= 0.3 is 0 Å². The topological polar surface area (TPSA) is 89.0 Å². The average Bonchev–Trinajstić information content (AvgIpc) is 2.75. The SMILES string of the molecule is CNc1cc2ncc(-c3cc(NC(=O)CC4CCCCO4)cnc3C)cc2cn1. The zero-order valence-electron chi connectivity index (χ0n) is 16.7. The number of fused-ring (bicyclic) bond motifs is 1. The van der Waals surface area contributed by atoms with Crippen LogP contribution in [-0.4, -0.2) is 40.6 Å². The molecule has 150 valence electrons. The van der Waals surface area contributed by atoms with Gasteiger partial charge in [-0.15, -0.1) is 0 Å². The van der Waals surface area contributed by atoms with Crippen LogP contribution in [0.25, 0.3) is 22.0 Å². The zero-order valence-corrected chi connectivity index (χ0v) is 16.7. The number of nitrogens with one attached hydrogen (secondary N) is 2. The van der Waals surface area contributed by atoms with E-state index in [-0.39, 0.29) is 12.0 Å². The summed E-state index contributed by atoms with van der Waals surface area (Å²) in [5.74, 6) is 0.733. The van der Waals surface area contributed by atoms with Crippen LogP contribution in [0.3, 0.4) is 0 Å². The first-order valence-corrected chi connectivity index (χ1v) is 9.94. The summed E-state index contributed by atoms with van der Waals surface area (Å²) >= 11 is 0. The van der Waals surface area contributed by atoms with Gasteiger partial charge in [-0.3, -0.25) is 14.8 Å². The Kier molecular flexibility index (Phi) is 5.67. The molecule has 7 heteroatoms. The van der Waals surface area contributed by atoms with Gasteiger partial charge in [0.2, 0.25) is 5.91 Å². The first-order chi connectivity index (χ1) is 14.1. The van der Waals surface area contributed by atoms with Crippen LogP contribution >= 0.6 is 0 Å². The molecule has 1 atom stereocenters. The standard InChI is InChI=1S/C22H25N5O2/c1-14-19(15-7-16-12-26-21(23-2)10-20(16)25-11-15)8-17(13-24-14)27-22(28)9-18-5-3-4-6-29-18/h7-8,10-13,18H,3-6,9H2,1-2H3,(H,23,26)(H,27,28). The molecule has 1 aliphatic rings. The molecule has 0 saturated carbocycles. The molecule has 29 heavy (non-hydrogen) atoms. The molecular formula is C22H25N5O2. The van der Waals surface area contributed by atoms with Crippen LogP contribution in [0, 0.1) is 6.92 Å². The van der Waals surface area contributed by atoms with Crippen LogP contribution in [-0.2, 0) is 9.53 Å². The molecule has 0 spiro atoms. The number of nitrogens with zero attached hydrogens (tertiary/aromatic N) is 3. The Labute approximate surface area is 169 Å². The normalized spacial score (nSPS) is 16.6. The molecule has 0 aromatic carbocycles. The predicted molar refractivity (Wildman–Crippen MR) is 114 cm³/mol. The lowest BCUT2D eigenvalue weighted by Gasteiger charge is -2.22.